The third kappa shape index (κ3) is 5.94. The predicted molar refractivity (Wildman–Crippen MR) is 250 cm³/mol. The Balaban J connectivity index is 1.21. The Bertz CT molecular complexity index is 3320. The van der Waals surface area contributed by atoms with Crippen LogP contribution in [0.15, 0.2) is 201 Å². The van der Waals surface area contributed by atoms with E-state index >= 15 is 0 Å². The predicted octanol–water partition coefficient (Wildman–Crippen LogP) is 14.7. The van der Waals surface area contributed by atoms with E-state index in [1.165, 1.54) is 49.5 Å². The monoisotopic (exact) mass is 765 g/mol. The Morgan fingerprint density at radius 1 is 0.400 bits per heavy atom. The average molecular weight is 766 g/mol. The smallest absolute Gasteiger partial charge is 0.182 e. The summed E-state index contributed by atoms with van der Waals surface area (Å²) in [5.41, 5.74) is 18.3. The number of rotatable bonds is 3. The topological polar surface area (TPSA) is 38.7 Å². The number of aromatic nitrogens is 3. The van der Waals surface area contributed by atoms with Crippen LogP contribution < -0.4 is 0 Å². The molecule has 3 nitrogen and oxygen atoms in total. The van der Waals surface area contributed by atoms with E-state index in [1.807, 2.05) is 18.2 Å². The van der Waals surface area contributed by atoms with Crippen LogP contribution in [-0.2, 0) is 6.42 Å². The van der Waals surface area contributed by atoms with Gasteiger partial charge in [-0.3, -0.25) is 0 Å². The highest BCUT2D eigenvalue weighted by molar-refractivity contribution is 6.08. The lowest BCUT2D eigenvalue weighted by Crippen LogP contribution is -2.03. The molecule has 2 bridgehead atoms. The van der Waals surface area contributed by atoms with Gasteiger partial charge in [0, 0.05) is 16.7 Å². The number of hydrogen-bond donors (Lipinski definition) is 0. The summed E-state index contributed by atoms with van der Waals surface area (Å²) in [6.07, 6.45) is 0.697. The lowest BCUT2D eigenvalue weighted by Gasteiger charge is -2.22. The van der Waals surface area contributed by atoms with Crippen molar-refractivity contribution in [1.82, 2.24) is 15.2 Å². The molecule has 1 aliphatic carbocycles. The number of nitrogens with zero attached hydrogens (tertiary/aromatic N) is 3. The average Bonchev–Trinajstić information content (AvgIpc) is 3.31. The largest absolute Gasteiger partial charge is 0.224 e. The summed E-state index contributed by atoms with van der Waals surface area (Å²) in [5.74, 6) is 0.577. The maximum absolute atomic E-state index is 5.53. The number of allylic oxidation sites excluding steroid dienone is 1. The molecule has 0 fully saturated rings. The molecule has 0 atom stereocenters. The molecule has 0 N–H and O–H groups in total. The highest BCUT2D eigenvalue weighted by Gasteiger charge is 2.25. The second-order valence-electron chi connectivity index (χ2n) is 15.7. The van der Waals surface area contributed by atoms with Crippen LogP contribution in [-0.4, -0.2) is 15.2 Å². The number of benzene rings is 9. The van der Waals surface area contributed by atoms with Gasteiger partial charge in [-0.15, -0.1) is 10.2 Å². The molecule has 11 rings (SSSR count). The van der Waals surface area contributed by atoms with Crippen molar-refractivity contribution < 1.29 is 0 Å². The lowest BCUT2D eigenvalue weighted by molar-refractivity contribution is 0.992. The molecule has 0 aliphatic heterocycles. The van der Waals surface area contributed by atoms with Crippen molar-refractivity contribution in [3.8, 4) is 78.4 Å². The minimum absolute atomic E-state index is 0.577. The van der Waals surface area contributed by atoms with E-state index in [0.717, 1.165) is 66.9 Å². The van der Waals surface area contributed by atoms with Crippen LogP contribution in [0.1, 0.15) is 16.7 Å². The summed E-state index contributed by atoms with van der Waals surface area (Å²) in [4.78, 5) is 5.53. The Hall–Kier alpha value is -7.75. The fraction of sp³-hybridized carbons (Fsp3) is 0.0351. The molecule has 0 spiro atoms. The normalized spacial score (nSPS) is 12.1. The van der Waals surface area contributed by atoms with Crippen molar-refractivity contribution in [2.45, 2.75) is 13.3 Å². The fourth-order valence-corrected chi connectivity index (χ4v) is 9.29. The zero-order valence-electron chi connectivity index (χ0n) is 33.2. The minimum Gasteiger partial charge on any atom is -0.224 e. The van der Waals surface area contributed by atoms with Crippen LogP contribution in [0.25, 0.3) is 106 Å². The van der Waals surface area contributed by atoms with Gasteiger partial charge in [0.2, 0.25) is 0 Å². The second-order valence-corrected chi connectivity index (χ2v) is 15.7. The molecule has 282 valence electrons. The van der Waals surface area contributed by atoms with Crippen molar-refractivity contribution in [2.24, 2.45) is 0 Å². The highest BCUT2D eigenvalue weighted by atomic mass is 15.2. The van der Waals surface area contributed by atoms with Crippen LogP contribution >= 0.6 is 0 Å². The molecule has 10 aromatic rings. The van der Waals surface area contributed by atoms with E-state index in [0.29, 0.717) is 12.2 Å². The van der Waals surface area contributed by atoms with Crippen molar-refractivity contribution in [3.05, 3.63) is 217 Å². The van der Waals surface area contributed by atoms with Crippen molar-refractivity contribution in [2.75, 3.05) is 0 Å². The molecule has 0 radical (unpaired) electrons. The first kappa shape index (κ1) is 35.4. The SMILES string of the molecule is C=C1Cc2ccccc2-c2cccc(-c3nc(-c4ccc5c(ccc6ccccc65)c4)nnc3-c3ccccc3)c2-c2ccccc2-c2cccc(c2C)-c2ccccc21. The molecule has 0 saturated carbocycles. The van der Waals surface area contributed by atoms with Crippen LogP contribution in [0, 0.1) is 6.92 Å². The highest BCUT2D eigenvalue weighted by Crippen LogP contribution is 2.48. The maximum Gasteiger partial charge on any atom is 0.182 e. The Morgan fingerprint density at radius 2 is 0.983 bits per heavy atom. The van der Waals surface area contributed by atoms with Gasteiger partial charge in [0.05, 0.1) is 0 Å². The molecule has 0 amide bonds. The van der Waals surface area contributed by atoms with Gasteiger partial charge in [0.15, 0.2) is 5.82 Å². The van der Waals surface area contributed by atoms with E-state index in [2.05, 4.69) is 183 Å². The van der Waals surface area contributed by atoms with E-state index < -0.39 is 0 Å². The molecular formula is C57H39N3. The van der Waals surface area contributed by atoms with E-state index in [4.69, 9.17) is 21.8 Å². The fourth-order valence-electron chi connectivity index (χ4n) is 9.29. The van der Waals surface area contributed by atoms with Gasteiger partial charge in [-0.05, 0) is 108 Å². The third-order valence-corrected chi connectivity index (χ3v) is 12.2. The molecule has 1 aliphatic rings. The zero-order valence-corrected chi connectivity index (χ0v) is 33.2. The Morgan fingerprint density at radius 3 is 1.78 bits per heavy atom. The standard InChI is InChI=1S/C57H39N3/c1-36-34-40-19-7-9-22-47(40)51-28-15-29-53(54(51)52-25-13-12-24-50(52)45-27-14-26-44(37(45)2)49-23-11-10-20-43(36)49)56-55(39-17-4-3-5-18-39)59-60-57(58-56)42-32-33-48-41(35-42)31-30-38-16-6-8-21-46(38)48/h3-33,35H,1,34H2,2H3. The first-order chi connectivity index (χ1) is 29.6. The molecule has 1 aromatic heterocycles. The van der Waals surface area contributed by atoms with Crippen molar-refractivity contribution >= 4 is 27.1 Å². The van der Waals surface area contributed by atoms with Gasteiger partial charge < -0.3 is 0 Å². The quantitative estimate of drug-likeness (QED) is 0.168. The summed E-state index contributed by atoms with van der Waals surface area (Å²) in [5, 5.41) is 14.7. The maximum atomic E-state index is 5.53. The first-order valence-electron chi connectivity index (χ1n) is 20.5. The lowest BCUT2D eigenvalue weighted by atomic mass is 9.82. The number of hydrogen-bond acceptors (Lipinski definition) is 3. The van der Waals surface area contributed by atoms with Gasteiger partial charge in [0.1, 0.15) is 11.4 Å². The molecule has 60 heavy (non-hydrogen) atoms. The van der Waals surface area contributed by atoms with Crippen LogP contribution in [0.4, 0.5) is 0 Å². The summed E-state index contributed by atoms with van der Waals surface area (Å²) >= 11 is 0. The van der Waals surface area contributed by atoms with E-state index in [9.17, 15) is 0 Å². The van der Waals surface area contributed by atoms with E-state index in [-0.39, 0.29) is 0 Å². The molecule has 0 unspecified atom stereocenters. The van der Waals surface area contributed by atoms with Gasteiger partial charge >= 0.3 is 0 Å². The molecule has 9 aromatic carbocycles. The molecular weight excluding hydrogens is 727 g/mol. The Kier molecular flexibility index (Phi) is 8.60. The van der Waals surface area contributed by atoms with Gasteiger partial charge in [0.25, 0.3) is 0 Å². The van der Waals surface area contributed by atoms with Gasteiger partial charge in [-0.2, -0.15) is 0 Å². The molecule has 1 heterocycles. The second kappa shape index (κ2) is 14.6. The minimum atomic E-state index is 0.577. The third-order valence-electron chi connectivity index (χ3n) is 12.2. The summed E-state index contributed by atoms with van der Waals surface area (Å²) in [7, 11) is 0. The van der Waals surface area contributed by atoms with Crippen LogP contribution in [0.3, 0.4) is 0 Å². The van der Waals surface area contributed by atoms with Gasteiger partial charge in [-0.1, -0.05) is 195 Å². The van der Waals surface area contributed by atoms with Crippen molar-refractivity contribution in [1.29, 1.82) is 0 Å². The molecule has 3 heteroatoms. The van der Waals surface area contributed by atoms with Crippen LogP contribution in [0.2, 0.25) is 0 Å². The van der Waals surface area contributed by atoms with Gasteiger partial charge in [-0.25, -0.2) is 4.98 Å². The van der Waals surface area contributed by atoms with E-state index in [1.54, 1.807) is 0 Å². The van der Waals surface area contributed by atoms with Crippen LogP contribution in [0.5, 0.6) is 0 Å². The number of fused-ring (bicyclic) bond motifs is 13. The Labute approximate surface area is 350 Å². The summed E-state index contributed by atoms with van der Waals surface area (Å²) in [6, 6.07) is 69.4. The summed E-state index contributed by atoms with van der Waals surface area (Å²) in [6.45, 7) is 6.98. The first-order valence-corrected chi connectivity index (χ1v) is 20.5. The molecule has 0 saturated heterocycles. The zero-order chi connectivity index (χ0) is 40.2. The van der Waals surface area contributed by atoms with Crippen molar-refractivity contribution in [3.63, 3.8) is 0 Å². The summed E-state index contributed by atoms with van der Waals surface area (Å²) < 4.78 is 0.